The van der Waals surface area contributed by atoms with E-state index in [1.54, 1.807) is 0 Å². The number of nitrogens with two attached hydrogens (primary N) is 1. The molecule has 0 amide bonds. The summed E-state index contributed by atoms with van der Waals surface area (Å²) in [4.78, 5) is 0. The largest absolute Gasteiger partial charge is 0.409 e. The minimum Gasteiger partial charge on any atom is -0.409 e. The predicted molar refractivity (Wildman–Crippen MR) is 81.8 cm³/mol. The van der Waals surface area contributed by atoms with Gasteiger partial charge in [0.25, 0.3) is 0 Å². The van der Waals surface area contributed by atoms with Gasteiger partial charge in [-0.25, -0.2) is 0 Å². The summed E-state index contributed by atoms with van der Waals surface area (Å²) in [6.45, 7) is 2.32. The van der Waals surface area contributed by atoms with E-state index in [2.05, 4.69) is 29.5 Å². The highest BCUT2D eigenvalue weighted by atomic mass is 16.4. The van der Waals surface area contributed by atoms with Crippen molar-refractivity contribution in [1.82, 2.24) is 5.32 Å². The maximum Gasteiger partial charge on any atom is 0.141 e. The molecule has 20 heavy (non-hydrogen) atoms. The van der Waals surface area contributed by atoms with Crippen LogP contribution in [0.5, 0.6) is 0 Å². The zero-order valence-electron chi connectivity index (χ0n) is 12.1. The Bertz CT molecular complexity index is 425. The molecule has 1 aromatic rings. The lowest BCUT2D eigenvalue weighted by Gasteiger charge is -2.31. The molecule has 1 aromatic carbocycles. The number of nitrogens with one attached hydrogen (secondary N) is 1. The fourth-order valence-electron chi connectivity index (χ4n) is 2.92. The predicted octanol–water partition coefficient (Wildman–Crippen LogP) is 3.03. The van der Waals surface area contributed by atoms with Crippen LogP contribution >= 0.6 is 0 Å². The Kier molecular flexibility index (Phi) is 5.41. The number of benzene rings is 1. The van der Waals surface area contributed by atoms with Gasteiger partial charge in [-0.05, 0) is 37.2 Å². The highest BCUT2D eigenvalue weighted by molar-refractivity contribution is 5.80. The van der Waals surface area contributed by atoms with E-state index in [1.165, 1.54) is 31.2 Å². The molecule has 1 aliphatic rings. The van der Waals surface area contributed by atoms with Crippen LogP contribution in [0.15, 0.2) is 35.5 Å². The normalized spacial score (nSPS) is 25.4. The third kappa shape index (κ3) is 4.23. The van der Waals surface area contributed by atoms with Gasteiger partial charge >= 0.3 is 0 Å². The minimum atomic E-state index is 0.116. The summed E-state index contributed by atoms with van der Waals surface area (Å²) in [5.74, 6) is 1.11. The van der Waals surface area contributed by atoms with E-state index in [9.17, 15) is 0 Å². The van der Waals surface area contributed by atoms with Crippen LogP contribution in [0.1, 0.15) is 50.6 Å². The number of amidine groups is 1. The number of oxime groups is 1. The van der Waals surface area contributed by atoms with Crippen molar-refractivity contribution >= 4 is 5.84 Å². The summed E-state index contributed by atoms with van der Waals surface area (Å²) in [7, 11) is 0. The number of hydrogen-bond acceptors (Lipinski definition) is 3. The van der Waals surface area contributed by atoms with Gasteiger partial charge in [-0.1, -0.05) is 42.4 Å². The van der Waals surface area contributed by atoms with Gasteiger partial charge in [0.2, 0.25) is 0 Å². The van der Waals surface area contributed by atoms with Crippen molar-refractivity contribution in [3.05, 3.63) is 35.9 Å². The summed E-state index contributed by atoms with van der Waals surface area (Å²) in [5, 5.41) is 15.6. The van der Waals surface area contributed by atoms with Gasteiger partial charge in [-0.2, -0.15) is 0 Å². The van der Waals surface area contributed by atoms with Crippen molar-refractivity contribution in [3.8, 4) is 0 Å². The van der Waals surface area contributed by atoms with Crippen molar-refractivity contribution in [2.45, 2.75) is 51.1 Å². The van der Waals surface area contributed by atoms with E-state index in [-0.39, 0.29) is 11.9 Å². The first-order valence-electron chi connectivity index (χ1n) is 7.46. The summed E-state index contributed by atoms with van der Waals surface area (Å²) in [6.07, 6.45) is 5.51. The van der Waals surface area contributed by atoms with Gasteiger partial charge in [0, 0.05) is 18.5 Å². The van der Waals surface area contributed by atoms with E-state index in [1.807, 2.05) is 18.2 Å². The van der Waals surface area contributed by atoms with Crippen LogP contribution in [0.2, 0.25) is 0 Å². The Hall–Kier alpha value is -1.55. The summed E-state index contributed by atoms with van der Waals surface area (Å²) >= 11 is 0. The molecule has 4 heteroatoms. The lowest BCUT2D eigenvalue weighted by atomic mass is 9.86. The summed E-state index contributed by atoms with van der Waals surface area (Å²) < 4.78 is 0. The van der Waals surface area contributed by atoms with Crippen molar-refractivity contribution in [2.75, 3.05) is 0 Å². The molecule has 0 radical (unpaired) electrons. The maximum atomic E-state index is 8.81. The number of rotatable bonds is 5. The fraction of sp³-hybridized carbons (Fsp3) is 0.562. The van der Waals surface area contributed by atoms with E-state index >= 15 is 0 Å². The minimum absolute atomic E-state index is 0.116. The molecule has 1 atom stereocenters. The maximum absolute atomic E-state index is 8.81. The Balaban J connectivity index is 2.03. The molecule has 1 fully saturated rings. The monoisotopic (exact) mass is 275 g/mol. The quantitative estimate of drug-likeness (QED) is 0.335. The van der Waals surface area contributed by atoms with Gasteiger partial charge in [-0.15, -0.1) is 0 Å². The molecule has 0 bridgehead atoms. The third-order valence-electron chi connectivity index (χ3n) is 4.20. The molecule has 1 unspecified atom stereocenters. The van der Waals surface area contributed by atoms with Crippen molar-refractivity contribution in [2.24, 2.45) is 16.8 Å². The zero-order chi connectivity index (χ0) is 14.4. The first-order chi connectivity index (χ1) is 9.69. The zero-order valence-corrected chi connectivity index (χ0v) is 12.1. The second-order valence-corrected chi connectivity index (χ2v) is 5.88. The Morgan fingerprint density at radius 2 is 1.95 bits per heavy atom. The smallest absolute Gasteiger partial charge is 0.141 e. The Morgan fingerprint density at radius 3 is 2.55 bits per heavy atom. The lowest BCUT2D eigenvalue weighted by Crippen LogP contribution is -2.37. The topological polar surface area (TPSA) is 70.6 Å². The third-order valence-corrected chi connectivity index (χ3v) is 4.20. The molecule has 4 nitrogen and oxygen atoms in total. The SMILES string of the molecule is CC1CCC(NC(C/C(N)=N/O)c2ccccc2)CC1. The molecule has 0 aliphatic heterocycles. The lowest BCUT2D eigenvalue weighted by molar-refractivity contribution is 0.285. The van der Waals surface area contributed by atoms with Crippen LogP contribution in [-0.4, -0.2) is 17.1 Å². The van der Waals surface area contributed by atoms with E-state index in [0.29, 0.717) is 12.5 Å². The first kappa shape index (κ1) is 14.9. The van der Waals surface area contributed by atoms with Gasteiger partial charge in [0.05, 0.1) is 0 Å². The standard InChI is InChI=1S/C16H25N3O/c1-12-7-9-14(10-8-12)18-15(11-16(17)19-20)13-5-3-2-4-6-13/h2-6,12,14-15,18,20H,7-11H2,1H3,(H2,17,19). The first-order valence-corrected chi connectivity index (χ1v) is 7.46. The van der Waals surface area contributed by atoms with Crippen LogP contribution in [0.25, 0.3) is 0 Å². The molecule has 0 saturated heterocycles. The highest BCUT2D eigenvalue weighted by Gasteiger charge is 2.22. The molecule has 1 aliphatic carbocycles. The highest BCUT2D eigenvalue weighted by Crippen LogP contribution is 2.26. The van der Waals surface area contributed by atoms with Crippen LogP contribution < -0.4 is 11.1 Å². The molecular weight excluding hydrogens is 250 g/mol. The summed E-state index contributed by atoms with van der Waals surface area (Å²) in [5.41, 5.74) is 6.89. The van der Waals surface area contributed by atoms with E-state index in [0.717, 1.165) is 5.92 Å². The average Bonchev–Trinajstić information content (AvgIpc) is 2.49. The van der Waals surface area contributed by atoms with Gasteiger partial charge in [0.1, 0.15) is 5.84 Å². The molecule has 1 saturated carbocycles. The second kappa shape index (κ2) is 7.29. The molecule has 0 aromatic heterocycles. The molecule has 110 valence electrons. The van der Waals surface area contributed by atoms with Gasteiger partial charge in [0.15, 0.2) is 0 Å². The molecule has 4 N–H and O–H groups in total. The molecular formula is C16H25N3O. The molecule has 2 rings (SSSR count). The summed E-state index contributed by atoms with van der Waals surface area (Å²) in [6, 6.07) is 10.9. The average molecular weight is 275 g/mol. The van der Waals surface area contributed by atoms with E-state index in [4.69, 9.17) is 10.9 Å². The van der Waals surface area contributed by atoms with E-state index < -0.39 is 0 Å². The van der Waals surface area contributed by atoms with Crippen molar-refractivity contribution in [3.63, 3.8) is 0 Å². The van der Waals surface area contributed by atoms with Crippen LogP contribution in [-0.2, 0) is 0 Å². The van der Waals surface area contributed by atoms with Crippen molar-refractivity contribution < 1.29 is 5.21 Å². The second-order valence-electron chi connectivity index (χ2n) is 5.88. The van der Waals surface area contributed by atoms with Gasteiger partial charge < -0.3 is 16.3 Å². The van der Waals surface area contributed by atoms with Gasteiger partial charge in [-0.3, -0.25) is 0 Å². The Morgan fingerprint density at radius 1 is 1.30 bits per heavy atom. The van der Waals surface area contributed by atoms with Crippen LogP contribution in [0.4, 0.5) is 0 Å². The van der Waals surface area contributed by atoms with Crippen LogP contribution in [0.3, 0.4) is 0 Å². The Labute approximate surface area is 121 Å². The van der Waals surface area contributed by atoms with Crippen LogP contribution in [0, 0.1) is 5.92 Å². The molecule has 0 spiro atoms. The fourth-order valence-corrected chi connectivity index (χ4v) is 2.92. The molecule has 0 heterocycles. The number of hydrogen-bond donors (Lipinski definition) is 3. The van der Waals surface area contributed by atoms with Crippen molar-refractivity contribution in [1.29, 1.82) is 0 Å². The number of nitrogens with zero attached hydrogens (tertiary/aromatic N) is 1.